The lowest BCUT2D eigenvalue weighted by Crippen LogP contribution is -2.37. The molecule has 106 valence electrons. The summed E-state index contributed by atoms with van der Waals surface area (Å²) in [6.07, 6.45) is 0.383. The quantitative estimate of drug-likeness (QED) is 0.800. The molecule has 0 aromatic heterocycles. The van der Waals surface area contributed by atoms with Gasteiger partial charge in [0.2, 0.25) is 0 Å². The highest BCUT2D eigenvalue weighted by Gasteiger charge is 2.27. The van der Waals surface area contributed by atoms with Crippen LogP contribution in [0.4, 0.5) is 5.69 Å². The van der Waals surface area contributed by atoms with Gasteiger partial charge < -0.3 is 4.90 Å². The molecule has 0 bridgehead atoms. The minimum Gasteiger partial charge on any atom is -0.307 e. The van der Waals surface area contributed by atoms with Crippen molar-refractivity contribution >= 4 is 17.4 Å². The van der Waals surface area contributed by atoms with Gasteiger partial charge >= 0.3 is 0 Å². The predicted octanol–water partition coefficient (Wildman–Crippen LogP) is 3.54. The average molecular weight is 279 g/mol. The van der Waals surface area contributed by atoms with E-state index in [0.29, 0.717) is 24.1 Å². The van der Waals surface area contributed by atoms with E-state index < -0.39 is 0 Å². The molecule has 0 fully saturated rings. The lowest BCUT2D eigenvalue weighted by molar-refractivity contribution is 0.0955. The van der Waals surface area contributed by atoms with Gasteiger partial charge in [0.15, 0.2) is 5.78 Å². The number of rotatable bonds is 1. The van der Waals surface area contributed by atoms with Crippen molar-refractivity contribution in [3.05, 3.63) is 64.7 Å². The summed E-state index contributed by atoms with van der Waals surface area (Å²) in [4.78, 5) is 26.5. The van der Waals surface area contributed by atoms with E-state index in [-0.39, 0.29) is 11.7 Å². The monoisotopic (exact) mass is 279 g/mol. The van der Waals surface area contributed by atoms with Gasteiger partial charge in [-0.2, -0.15) is 0 Å². The van der Waals surface area contributed by atoms with Gasteiger partial charge in [0.05, 0.1) is 5.69 Å². The number of fused-ring (bicyclic) bond motifs is 1. The highest BCUT2D eigenvalue weighted by molar-refractivity contribution is 6.13. The van der Waals surface area contributed by atoms with Crippen molar-refractivity contribution in [3.63, 3.8) is 0 Å². The maximum atomic E-state index is 12.7. The molecule has 3 rings (SSSR count). The molecule has 1 amide bonds. The second kappa shape index (κ2) is 5.17. The number of anilines is 1. The molecule has 0 unspecified atom stereocenters. The van der Waals surface area contributed by atoms with Crippen LogP contribution < -0.4 is 4.90 Å². The number of benzene rings is 2. The van der Waals surface area contributed by atoms with E-state index in [1.165, 1.54) is 0 Å². The van der Waals surface area contributed by atoms with E-state index in [2.05, 4.69) is 0 Å². The van der Waals surface area contributed by atoms with Gasteiger partial charge in [0.25, 0.3) is 5.91 Å². The first-order valence-corrected chi connectivity index (χ1v) is 7.08. The Hall–Kier alpha value is -2.42. The Morgan fingerprint density at radius 1 is 1.05 bits per heavy atom. The van der Waals surface area contributed by atoms with Gasteiger partial charge in [-0.15, -0.1) is 0 Å². The molecule has 0 saturated heterocycles. The predicted molar refractivity (Wildman–Crippen MR) is 83.0 cm³/mol. The third-order valence-electron chi connectivity index (χ3n) is 3.82. The number of aryl methyl sites for hydroxylation is 2. The average Bonchev–Trinajstić information content (AvgIpc) is 2.47. The summed E-state index contributed by atoms with van der Waals surface area (Å²) in [5.41, 5.74) is 4.13. The second-order valence-corrected chi connectivity index (χ2v) is 5.52. The summed E-state index contributed by atoms with van der Waals surface area (Å²) >= 11 is 0. The van der Waals surface area contributed by atoms with Crippen LogP contribution in [-0.2, 0) is 0 Å². The number of hydrogen-bond acceptors (Lipinski definition) is 2. The molecule has 2 aromatic carbocycles. The van der Waals surface area contributed by atoms with Crippen LogP contribution in [-0.4, -0.2) is 18.2 Å². The van der Waals surface area contributed by atoms with Crippen molar-refractivity contribution in [2.75, 3.05) is 11.4 Å². The van der Waals surface area contributed by atoms with Crippen molar-refractivity contribution in [1.29, 1.82) is 0 Å². The second-order valence-electron chi connectivity index (χ2n) is 5.52. The van der Waals surface area contributed by atoms with Crippen LogP contribution in [0, 0.1) is 13.8 Å². The van der Waals surface area contributed by atoms with Gasteiger partial charge in [-0.3, -0.25) is 9.59 Å². The van der Waals surface area contributed by atoms with Crippen LogP contribution in [0.5, 0.6) is 0 Å². The number of hydrogen-bond donors (Lipinski definition) is 0. The van der Waals surface area contributed by atoms with Gasteiger partial charge in [-0.05, 0) is 38.1 Å². The first-order valence-electron chi connectivity index (χ1n) is 7.08. The zero-order valence-electron chi connectivity index (χ0n) is 12.2. The topological polar surface area (TPSA) is 37.4 Å². The van der Waals surface area contributed by atoms with Crippen molar-refractivity contribution in [2.45, 2.75) is 20.3 Å². The summed E-state index contributed by atoms with van der Waals surface area (Å²) in [5, 5.41) is 0. The highest BCUT2D eigenvalue weighted by Crippen LogP contribution is 2.29. The van der Waals surface area contributed by atoms with Gasteiger partial charge in [-0.25, -0.2) is 0 Å². The number of carbonyl (C=O) groups is 2. The molecule has 1 aliphatic rings. The third-order valence-corrected chi connectivity index (χ3v) is 3.82. The summed E-state index contributed by atoms with van der Waals surface area (Å²) in [5.74, 6) is 0.0679. The zero-order chi connectivity index (χ0) is 15.0. The van der Waals surface area contributed by atoms with Gasteiger partial charge in [0, 0.05) is 24.1 Å². The molecule has 0 aliphatic carbocycles. The van der Waals surface area contributed by atoms with Crippen LogP contribution in [0.2, 0.25) is 0 Å². The molecule has 2 aromatic rings. The number of amides is 1. The Kier molecular flexibility index (Phi) is 3.34. The normalized spacial score (nSPS) is 14.0. The molecule has 0 atom stereocenters. The van der Waals surface area contributed by atoms with E-state index in [9.17, 15) is 9.59 Å². The molecule has 0 radical (unpaired) electrons. The molecule has 0 N–H and O–H groups in total. The molecule has 3 heteroatoms. The lowest BCUT2D eigenvalue weighted by Gasteiger charge is -2.29. The zero-order valence-corrected chi connectivity index (χ0v) is 12.2. The minimum atomic E-state index is -0.0451. The fourth-order valence-electron chi connectivity index (χ4n) is 2.72. The third kappa shape index (κ3) is 2.47. The molecule has 3 nitrogen and oxygen atoms in total. The largest absolute Gasteiger partial charge is 0.307 e. The SMILES string of the molecule is Cc1cccc(C(=O)N2CCC(=O)c3cc(C)ccc32)c1. The summed E-state index contributed by atoms with van der Waals surface area (Å²) < 4.78 is 0. The Bertz CT molecular complexity index is 734. The van der Waals surface area contributed by atoms with Crippen LogP contribution in [0.3, 0.4) is 0 Å². The van der Waals surface area contributed by atoms with Crippen molar-refractivity contribution in [2.24, 2.45) is 0 Å². The van der Waals surface area contributed by atoms with Crippen LogP contribution in [0.25, 0.3) is 0 Å². The van der Waals surface area contributed by atoms with Crippen LogP contribution >= 0.6 is 0 Å². The molecular formula is C18H17NO2. The Morgan fingerprint density at radius 2 is 1.81 bits per heavy atom. The van der Waals surface area contributed by atoms with Crippen LogP contribution in [0.15, 0.2) is 42.5 Å². The molecule has 1 heterocycles. The van der Waals surface area contributed by atoms with Crippen molar-refractivity contribution in [3.8, 4) is 0 Å². The number of ketones is 1. The van der Waals surface area contributed by atoms with Gasteiger partial charge in [0.1, 0.15) is 0 Å². The number of nitrogens with zero attached hydrogens (tertiary/aromatic N) is 1. The standard InChI is InChI=1S/C18H17NO2/c1-12-4-3-5-14(10-12)18(21)19-9-8-17(20)15-11-13(2)6-7-16(15)19/h3-7,10-11H,8-9H2,1-2H3. The smallest absolute Gasteiger partial charge is 0.258 e. The highest BCUT2D eigenvalue weighted by atomic mass is 16.2. The van der Waals surface area contributed by atoms with E-state index in [1.807, 2.05) is 56.3 Å². The fraction of sp³-hybridized carbons (Fsp3) is 0.222. The summed E-state index contributed by atoms with van der Waals surface area (Å²) in [6, 6.07) is 13.2. The summed E-state index contributed by atoms with van der Waals surface area (Å²) in [7, 11) is 0. The van der Waals surface area contributed by atoms with Gasteiger partial charge in [-0.1, -0.05) is 29.3 Å². The molecule has 0 saturated carbocycles. The molecule has 1 aliphatic heterocycles. The van der Waals surface area contributed by atoms with Crippen LogP contribution in [0.1, 0.15) is 38.3 Å². The molecule has 0 spiro atoms. The van der Waals surface area contributed by atoms with E-state index >= 15 is 0 Å². The Morgan fingerprint density at radius 3 is 2.57 bits per heavy atom. The lowest BCUT2D eigenvalue weighted by atomic mass is 9.97. The molecular weight excluding hydrogens is 262 g/mol. The first kappa shape index (κ1) is 13.6. The Labute approximate surface area is 124 Å². The maximum Gasteiger partial charge on any atom is 0.258 e. The fourth-order valence-corrected chi connectivity index (χ4v) is 2.72. The van der Waals surface area contributed by atoms with Crippen molar-refractivity contribution < 1.29 is 9.59 Å². The summed E-state index contributed by atoms with van der Waals surface area (Å²) in [6.45, 7) is 4.37. The van der Waals surface area contributed by atoms with Crippen molar-refractivity contribution in [1.82, 2.24) is 0 Å². The number of Topliss-reactive ketones (excluding diaryl/α,β-unsaturated/α-hetero) is 1. The Balaban J connectivity index is 2.03. The van der Waals surface area contributed by atoms with E-state index in [0.717, 1.165) is 16.8 Å². The first-order chi connectivity index (χ1) is 10.1. The molecule has 21 heavy (non-hydrogen) atoms. The minimum absolute atomic E-state index is 0.0451. The van der Waals surface area contributed by atoms with E-state index in [1.54, 1.807) is 4.90 Å². The number of carbonyl (C=O) groups excluding carboxylic acids is 2. The van der Waals surface area contributed by atoms with E-state index in [4.69, 9.17) is 0 Å². The maximum absolute atomic E-state index is 12.7.